The van der Waals surface area contributed by atoms with Crippen molar-refractivity contribution in [3.8, 4) is 5.69 Å². The van der Waals surface area contributed by atoms with E-state index in [0.29, 0.717) is 53.9 Å². The summed E-state index contributed by atoms with van der Waals surface area (Å²) in [6, 6.07) is 14.7. The number of piperidine rings is 1. The van der Waals surface area contributed by atoms with Crippen LogP contribution in [0.25, 0.3) is 16.5 Å². The van der Waals surface area contributed by atoms with Crippen LogP contribution in [0.4, 0.5) is 13.2 Å². The van der Waals surface area contributed by atoms with Gasteiger partial charge in [-0.05, 0) is 42.7 Å². The number of likely N-dealkylation sites (tertiary alicyclic amines) is 1. The molecule has 0 aliphatic carbocycles. The van der Waals surface area contributed by atoms with Gasteiger partial charge in [0, 0.05) is 66.3 Å². The average Bonchev–Trinajstić information content (AvgIpc) is 3.65. The molecule has 212 valence electrons. The molecule has 1 spiro atoms. The van der Waals surface area contributed by atoms with E-state index in [-0.39, 0.29) is 11.4 Å². The van der Waals surface area contributed by atoms with Crippen molar-refractivity contribution in [1.82, 2.24) is 19.2 Å². The molecule has 0 saturated carbocycles. The highest BCUT2D eigenvalue weighted by Gasteiger charge is 2.51. The highest BCUT2D eigenvalue weighted by molar-refractivity contribution is 7.16. The largest absolute Gasteiger partial charge is 0.363 e. The molecule has 41 heavy (non-hydrogen) atoms. The summed E-state index contributed by atoms with van der Waals surface area (Å²) in [6.07, 6.45) is 7.24. The van der Waals surface area contributed by atoms with Crippen molar-refractivity contribution in [3.05, 3.63) is 105 Å². The lowest BCUT2D eigenvalue weighted by atomic mass is 9.84. The summed E-state index contributed by atoms with van der Waals surface area (Å²) in [7, 11) is 0. The van der Waals surface area contributed by atoms with Gasteiger partial charge in [-0.1, -0.05) is 48.0 Å². The Balaban J connectivity index is 1.10. The fraction of sp³-hybridized carbons (Fsp3) is 0.323. The average molecular weight is 597 g/mol. The highest BCUT2D eigenvalue weighted by atomic mass is 35.5. The van der Waals surface area contributed by atoms with Crippen molar-refractivity contribution in [2.45, 2.75) is 44.4 Å². The number of aryl methyl sites for hydroxylation is 1. The zero-order chi connectivity index (χ0) is 28.4. The molecule has 1 fully saturated rings. The predicted molar refractivity (Wildman–Crippen MR) is 155 cm³/mol. The molecule has 1 saturated heterocycles. The second-order valence-corrected chi connectivity index (χ2v) is 12.7. The van der Waals surface area contributed by atoms with Crippen LogP contribution >= 0.6 is 22.9 Å². The van der Waals surface area contributed by atoms with Crippen LogP contribution in [-0.4, -0.2) is 38.9 Å². The number of hydrogen-bond donors (Lipinski definition) is 0. The Morgan fingerprint density at radius 2 is 1.71 bits per heavy atom. The van der Waals surface area contributed by atoms with Gasteiger partial charge in [-0.15, -0.1) is 11.3 Å². The predicted octanol–water partition coefficient (Wildman–Crippen LogP) is 7.65. The van der Waals surface area contributed by atoms with Gasteiger partial charge in [0.15, 0.2) is 0 Å². The van der Waals surface area contributed by atoms with Gasteiger partial charge in [-0.2, -0.15) is 13.9 Å². The number of hydrogen-bond acceptors (Lipinski definition) is 4. The Kier molecular flexibility index (Phi) is 6.54. The van der Waals surface area contributed by atoms with Crippen molar-refractivity contribution in [1.29, 1.82) is 0 Å². The lowest BCUT2D eigenvalue weighted by molar-refractivity contribution is -0.182. The number of ether oxygens (including phenoxy) is 1. The molecular weight excluding hydrogens is 569 g/mol. The first-order valence-corrected chi connectivity index (χ1v) is 14.8. The van der Waals surface area contributed by atoms with Gasteiger partial charge in [0.1, 0.15) is 23.7 Å². The highest BCUT2D eigenvalue weighted by Crippen LogP contribution is 2.52. The van der Waals surface area contributed by atoms with E-state index < -0.39 is 18.1 Å². The van der Waals surface area contributed by atoms with Crippen molar-refractivity contribution in [3.63, 3.8) is 0 Å². The molecule has 2 aliphatic rings. The van der Waals surface area contributed by atoms with Crippen LogP contribution in [0.5, 0.6) is 0 Å². The van der Waals surface area contributed by atoms with Crippen molar-refractivity contribution in [2.24, 2.45) is 0 Å². The first kappa shape index (κ1) is 26.8. The summed E-state index contributed by atoms with van der Waals surface area (Å²) in [5, 5.41) is 6.98. The van der Waals surface area contributed by atoms with Gasteiger partial charge < -0.3 is 9.30 Å². The normalized spacial score (nSPS) is 18.3. The molecule has 0 radical (unpaired) electrons. The van der Waals surface area contributed by atoms with Gasteiger partial charge >= 0.3 is 0 Å². The molecule has 5 aromatic rings. The van der Waals surface area contributed by atoms with Crippen LogP contribution in [-0.2, 0) is 29.3 Å². The lowest BCUT2D eigenvalue weighted by Gasteiger charge is -2.45. The molecule has 5 heterocycles. The molecule has 0 amide bonds. The molecule has 0 bridgehead atoms. The molecular formula is C31H28ClF3N4OS. The van der Waals surface area contributed by atoms with Gasteiger partial charge in [0.2, 0.25) is 0 Å². The Morgan fingerprint density at radius 3 is 2.44 bits per heavy atom. The molecule has 2 aromatic carbocycles. The first-order chi connectivity index (χ1) is 19.7. The number of benzene rings is 2. The summed E-state index contributed by atoms with van der Waals surface area (Å²) >= 11 is 7.36. The molecule has 0 N–H and O–H groups in total. The minimum absolute atomic E-state index is 0.0121. The second kappa shape index (κ2) is 10.0. The third-order valence-corrected chi connectivity index (χ3v) is 9.81. The molecule has 7 rings (SSSR count). The van der Waals surface area contributed by atoms with Gasteiger partial charge in [-0.3, -0.25) is 4.90 Å². The Morgan fingerprint density at radius 1 is 0.976 bits per heavy atom. The van der Waals surface area contributed by atoms with E-state index in [2.05, 4.69) is 34.0 Å². The zero-order valence-corrected chi connectivity index (χ0v) is 24.0. The van der Waals surface area contributed by atoms with E-state index in [0.717, 1.165) is 27.6 Å². The molecule has 5 nitrogen and oxygen atoms in total. The zero-order valence-electron chi connectivity index (χ0n) is 22.4. The summed E-state index contributed by atoms with van der Waals surface area (Å²) in [5.41, 5.74) is 2.38. The fourth-order valence-corrected chi connectivity index (χ4v) is 7.65. The van der Waals surface area contributed by atoms with Crippen LogP contribution in [0.15, 0.2) is 67.1 Å². The molecule has 2 aliphatic heterocycles. The maximum absolute atomic E-state index is 15.3. The van der Waals surface area contributed by atoms with Crippen LogP contribution in [0, 0.1) is 12.7 Å². The van der Waals surface area contributed by atoms with E-state index in [1.54, 1.807) is 10.7 Å². The number of nitrogens with zero attached hydrogens (tertiary/aromatic N) is 4. The van der Waals surface area contributed by atoms with E-state index in [1.807, 2.05) is 31.3 Å². The van der Waals surface area contributed by atoms with E-state index >= 15 is 4.39 Å². The van der Waals surface area contributed by atoms with Crippen LogP contribution in [0.3, 0.4) is 0 Å². The van der Waals surface area contributed by atoms with Crippen molar-refractivity contribution in [2.75, 3.05) is 19.7 Å². The summed E-state index contributed by atoms with van der Waals surface area (Å²) in [6.45, 7) is 3.81. The van der Waals surface area contributed by atoms with Gasteiger partial charge in [0.25, 0.3) is 5.92 Å². The molecule has 0 atom stereocenters. The van der Waals surface area contributed by atoms with Crippen LogP contribution < -0.4 is 0 Å². The number of aromatic nitrogens is 3. The molecule has 10 heteroatoms. The molecule has 0 unspecified atom stereocenters. The summed E-state index contributed by atoms with van der Waals surface area (Å²) in [4.78, 5) is 2.84. The number of rotatable bonds is 5. The Bertz CT molecular complexity index is 1720. The van der Waals surface area contributed by atoms with E-state index in [4.69, 9.17) is 21.4 Å². The smallest absolute Gasteiger partial charge is 0.297 e. The first-order valence-electron chi connectivity index (χ1n) is 13.6. The lowest BCUT2D eigenvalue weighted by Crippen LogP contribution is -2.48. The summed E-state index contributed by atoms with van der Waals surface area (Å²) in [5.74, 6) is -3.35. The Labute approximate surface area is 244 Å². The van der Waals surface area contributed by atoms with Crippen molar-refractivity contribution < 1.29 is 17.9 Å². The monoisotopic (exact) mass is 596 g/mol. The fourth-order valence-electron chi connectivity index (χ4n) is 6.17. The number of alkyl halides is 2. The van der Waals surface area contributed by atoms with Gasteiger partial charge in [-0.25, -0.2) is 9.07 Å². The second-order valence-electron chi connectivity index (χ2n) is 11.0. The quantitative estimate of drug-likeness (QED) is 0.209. The number of thiophene rings is 1. The standard InChI is InChI=1S/C31H28ClF3N4OS/c1-20-24(17-37-11-9-30(10-12-37)29-25(13-27(32)41-29)31(34,35)19-40-30)18-39(36-20)28-23(7-4-8-26(28)33)16-38-14-21-5-2-3-6-22(21)15-38/h2-8,13-15,18H,9-12,16-17,19H2,1H3. The third kappa shape index (κ3) is 4.78. The van der Waals surface area contributed by atoms with Crippen LogP contribution in [0.2, 0.25) is 4.34 Å². The maximum atomic E-state index is 15.3. The minimum Gasteiger partial charge on any atom is -0.363 e. The van der Waals surface area contributed by atoms with Crippen molar-refractivity contribution >= 4 is 33.7 Å². The van der Waals surface area contributed by atoms with E-state index in [1.165, 1.54) is 23.5 Å². The topological polar surface area (TPSA) is 35.2 Å². The SMILES string of the molecule is Cc1nn(-c2c(F)cccc2Cn2cc3ccccc3c2)cc1CN1CCC2(CC1)OCC(F)(F)c1cc(Cl)sc12. The number of fused-ring (bicyclic) bond motifs is 3. The number of para-hydroxylation sites is 1. The maximum Gasteiger partial charge on any atom is 0.297 e. The summed E-state index contributed by atoms with van der Waals surface area (Å²) < 4.78 is 54.2. The Hall–Kier alpha value is -3.11. The van der Waals surface area contributed by atoms with E-state index in [9.17, 15) is 8.78 Å². The third-order valence-electron chi connectivity index (χ3n) is 8.36. The minimum atomic E-state index is -3.02. The molecule has 3 aromatic heterocycles. The number of halogens is 4. The van der Waals surface area contributed by atoms with Crippen LogP contribution in [0.1, 0.15) is 40.1 Å². The van der Waals surface area contributed by atoms with Gasteiger partial charge in [0.05, 0.1) is 10.0 Å².